The molecule has 0 aliphatic carbocycles. The molecule has 1 amide bonds. The molecule has 1 aliphatic heterocycles. The van der Waals surface area contributed by atoms with Gasteiger partial charge in [-0.05, 0) is 48.0 Å². The smallest absolute Gasteiger partial charge is 0.337 e. The number of hydrogen-bond donors (Lipinski definition) is 1. The lowest BCUT2D eigenvalue weighted by Crippen LogP contribution is -2.29. The second-order valence-corrected chi connectivity index (χ2v) is 8.86. The van der Waals surface area contributed by atoms with Crippen molar-refractivity contribution in [3.05, 3.63) is 89.3 Å². The summed E-state index contributed by atoms with van der Waals surface area (Å²) in [6.07, 6.45) is 2.96. The van der Waals surface area contributed by atoms with E-state index in [0.717, 1.165) is 4.70 Å². The average molecular weight is 502 g/mol. The van der Waals surface area contributed by atoms with Crippen LogP contribution in [0.4, 0.5) is 5.13 Å². The number of ether oxygens (including phenoxy) is 2. The van der Waals surface area contributed by atoms with E-state index in [-0.39, 0.29) is 16.5 Å². The highest BCUT2D eigenvalue weighted by molar-refractivity contribution is 7.22. The highest BCUT2D eigenvalue weighted by atomic mass is 32.1. The van der Waals surface area contributed by atoms with Crippen molar-refractivity contribution in [2.45, 2.75) is 6.04 Å². The standard InChI is InChI=1S/C26H19N3O6S/c1-34-17-7-8-18-19(13-17)36-26(28-18)29-21(14-3-5-16(6-4-14)25(33)35-2)20(23(31)24(29)32)22(30)15-9-11-27-12-10-15/h3-13,21,30H,1-2H3/b22-20+. The minimum Gasteiger partial charge on any atom is -0.507 e. The molecule has 1 saturated heterocycles. The first-order valence-corrected chi connectivity index (χ1v) is 11.6. The van der Waals surface area contributed by atoms with Crippen molar-refractivity contribution in [3.8, 4) is 5.75 Å². The molecule has 1 unspecified atom stereocenters. The van der Waals surface area contributed by atoms with E-state index in [0.29, 0.717) is 28.0 Å². The van der Waals surface area contributed by atoms with Crippen LogP contribution in [-0.4, -0.2) is 47.0 Å². The lowest BCUT2D eigenvalue weighted by atomic mass is 9.95. The number of esters is 1. The zero-order valence-corrected chi connectivity index (χ0v) is 20.0. The molecule has 1 aliphatic rings. The Morgan fingerprint density at radius 1 is 1.00 bits per heavy atom. The molecule has 9 nitrogen and oxygen atoms in total. The van der Waals surface area contributed by atoms with Crippen molar-refractivity contribution in [3.63, 3.8) is 0 Å². The van der Waals surface area contributed by atoms with Crippen molar-refractivity contribution in [2.24, 2.45) is 0 Å². The van der Waals surface area contributed by atoms with Crippen LogP contribution >= 0.6 is 11.3 Å². The van der Waals surface area contributed by atoms with E-state index in [9.17, 15) is 19.5 Å². The van der Waals surface area contributed by atoms with Crippen LogP contribution in [0.15, 0.2) is 72.6 Å². The van der Waals surface area contributed by atoms with Crippen LogP contribution in [0.3, 0.4) is 0 Å². The Kier molecular flexibility index (Phi) is 5.95. The highest BCUT2D eigenvalue weighted by Gasteiger charge is 2.48. The maximum Gasteiger partial charge on any atom is 0.337 e. The van der Waals surface area contributed by atoms with Crippen LogP contribution < -0.4 is 9.64 Å². The maximum absolute atomic E-state index is 13.3. The third kappa shape index (κ3) is 3.87. The van der Waals surface area contributed by atoms with Crippen molar-refractivity contribution in [1.29, 1.82) is 0 Å². The van der Waals surface area contributed by atoms with Gasteiger partial charge in [0.2, 0.25) is 0 Å². The van der Waals surface area contributed by atoms with E-state index < -0.39 is 23.7 Å². The van der Waals surface area contributed by atoms with Crippen LogP contribution in [-0.2, 0) is 14.3 Å². The molecule has 0 radical (unpaired) electrons. The number of aliphatic hydroxyl groups is 1. The maximum atomic E-state index is 13.3. The fourth-order valence-electron chi connectivity index (χ4n) is 4.05. The van der Waals surface area contributed by atoms with Gasteiger partial charge in [-0.25, -0.2) is 9.78 Å². The van der Waals surface area contributed by atoms with Crippen LogP contribution in [0.2, 0.25) is 0 Å². The summed E-state index contributed by atoms with van der Waals surface area (Å²) >= 11 is 1.22. The predicted molar refractivity (Wildman–Crippen MR) is 133 cm³/mol. The molecule has 3 heterocycles. The van der Waals surface area contributed by atoms with Crippen molar-refractivity contribution < 1.29 is 29.0 Å². The van der Waals surface area contributed by atoms with Crippen LogP contribution in [0.5, 0.6) is 5.75 Å². The fraction of sp³-hybridized carbons (Fsp3) is 0.115. The Hall–Kier alpha value is -4.57. The molecule has 10 heteroatoms. The number of aromatic nitrogens is 2. The van der Waals surface area contributed by atoms with Crippen LogP contribution in [0.25, 0.3) is 16.0 Å². The van der Waals surface area contributed by atoms with E-state index in [1.54, 1.807) is 49.6 Å². The van der Waals surface area contributed by atoms with Gasteiger partial charge < -0.3 is 14.6 Å². The summed E-state index contributed by atoms with van der Waals surface area (Å²) in [6, 6.07) is 13.7. The van der Waals surface area contributed by atoms with Gasteiger partial charge in [0, 0.05) is 18.0 Å². The monoisotopic (exact) mass is 501 g/mol. The van der Waals surface area contributed by atoms with E-state index in [1.165, 1.54) is 47.9 Å². The summed E-state index contributed by atoms with van der Waals surface area (Å²) in [5, 5.41) is 11.4. The number of methoxy groups -OCH3 is 2. The molecule has 1 fully saturated rings. The topological polar surface area (TPSA) is 119 Å². The Balaban J connectivity index is 1.70. The number of fused-ring (bicyclic) bond motifs is 1. The second kappa shape index (κ2) is 9.23. The number of ketones is 1. The number of nitrogens with zero attached hydrogens (tertiary/aromatic N) is 3. The predicted octanol–water partition coefficient (Wildman–Crippen LogP) is 4.11. The molecule has 36 heavy (non-hydrogen) atoms. The number of aliphatic hydroxyl groups excluding tert-OH is 1. The summed E-state index contributed by atoms with van der Waals surface area (Å²) in [5.41, 5.74) is 1.70. The van der Waals surface area contributed by atoms with Crippen molar-refractivity contribution in [2.75, 3.05) is 19.1 Å². The molecule has 1 atom stereocenters. The molecule has 4 aromatic rings. The number of Topliss-reactive ketones (excluding diaryl/α,β-unsaturated/α-hetero) is 1. The van der Waals surface area contributed by atoms with Gasteiger partial charge in [0.15, 0.2) is 5.13 Å². The minimum atomic E-state index is -0.979. The number of amides is 1. The molecule has 180 valence electrons. The average Bonchev–Trinajstić information content (AvgIpc) is 3.45. The number of benzene rings is 2. The third-order valence-electron chi connectivity index (χ3n) is 5.84. The van der Waals surface area contributed by atoms with Gasteiger partial charge in [-0.2, -0.15) is 0 Å². The highest BCUT2D eigenvalue weighted by Crippen LogP contribution is 2.44. The summed E-state index contributed by atoms with van der Waals surface area (Å²) in [4.78, 5) is 48.4. The van der Waals surface area contributed by atoms with Gasteiger partial charge in [-0.15, -0.1) is 0 Å². The number of rotatable bonds is 5. The van der Waals surface area contributed by atoms with Gasteiger partial charge in [0.05, 0.1) is 41.6 Å². The lowest BCUT2D eigenvalue weighted by Gasteiger charge is -2.23. The van der Waals surface area contributed by atoms with Crippen molar-refractivity contribution in [1.82, 2.24) is 9.97 Å². The number of pyridine rings is 1. The molecule has 0 saturated carbocycles. The molecule has 2 aromatic carbocycles. The number of carbonyl (C=O) groups excluding carboxylic acids is 3. The van der Waals surface area contributed by atoms with Crippen LogP contribution in [0.1, 0.15) is 27.5 Å². The number of anilines is 1. The lowest BCUT2D eigenvalue weighted by molar-refractivity contribution is -0.132. The minimum absolute atomic E-state index is 0.0890. The number of thiazole rings is 1. The summed E-state index contributed by atoms with van der Waals surface area (Å²) in [6.45, 7) is 0. The normalized spacial score (nSPS) is 16.9. The number of carbonyl (C=O) groups is 3. The summed E-state index contributed by atoms with van der Waals surface area (Å²) in [5.74, 6) is -1.88. The number of hydrogen-bond acceptors (Lipinski definition) is 9. The Bertz CT molecular complexity index is 1530. The zero-order valence-electron chi connectivity index (χ0n) is 19.2. The summed E-state index contributed by atoms with van der Waals surface area (Å²) < 4.78 is 10.8. The first kappa shape index (κ1) is 23.2. The zero-order chi connectivity index (χ0) is 25.4. The first-order valence-electron chi connectivity index (χ1n) is 10.8. The molecular weight excluding hydrogens is 482 g/mol. The third-order valence-corrected chi connectivity index (χ3v) is 6.85. The Morgan fingerprint density at radius 2 is 1.72 bits per heavy atom. The largest absolute Gasteiger partial charge is 0.507 e. The van der Waals surface area contributed by atoms with Gasteiger partial charge in [-0.1, -0.05) is 23.5 Å². The van der Waals surface area contributed by atoms with Gasteiger partial charge in [0.25, 0.3) is 5.78 Å². The van der Waals surface area contributed by atoms with Gasteiger partial charge in [0.1, 0.15) is 11.5 Å². The fourth-order valence-corrected chi connectivity index (χ4v) is 5.07. The van der Waals surface area contributed by atoms with E-state index in [4.69, 9.17) is 9.47 Å². The molecular formula is C26H19N3O6S. The van der Waals surface area contributed by atoms with Gasteiger partial charge >= 0.3 is 11.9 Å². The SMILES string of the molecule is COC(=O)c1ccc(C2/C(=C(\O)c3ccncc3)C(=O)C(=O)N2c2nc3ccc(OC)cc3s2)cc1. The quantitative estimate of drug-likeness (QED) is 0.188. The molecule has 1 N–H and O–H groups in total. The summed E-state index contributed by atoms with van der Waals surface area (Å²) in [7, 11) is 2.83. The van der Waals surface area contributed by atoms with E-state index >= 15 is 0 Å². The molecule has 2 aromatic heterocycles. The van der Waals surface area contributed by atoms with Crippen molar-refractivity contribution >= 4 is 50.1 Å². The molecule has 5 rings (SSSR count). The van der Waals surface area contributed by atoms with Gasteiger partial charge in [-0.3, -0.25) is 19.5 Å². The Morgan fingerprint density at radius 3 is 2.39 bits per heavy atom. The Labute approximate surface area is 209 Å². The second-order valence-electron chi connectivity index (χ2n) is 7.85. The molecule has 0 spiro atoms. The molecule has 0 bridgehead atoms. The van der Waals surface area contributed by atoms with E-state index in [1.807, 2.05) is 0 Å². The van der Waals surface area contributed by atoms with E-state index in [2.05, 4.69) is 9.97 Å². The van der Waals surface area contributed by atoms with Crippen LogP contribution in [0, 0.1) is 0 Å². The first-order chi connectivity index (χ1) is 17.4.